The molecule has 2 aromatic carbocycles. The third-order valence-corrected chi connectivity index (χ3v) is 4.95. The van der Waals surface area contributed by atoms with E-state index in [1.165, 1.54) is 18.2 Å². The van der Waals surface area contributed by atoms with Crippen LogP contribution in [0.4, 0.5) is 4.39 Å². The molecular formula is C21H20BrFN2O2. The van der Waals surface area contributed by atoms with Crippen molar-refractivity contribution in [1.82, 2.24) is 10.2 Å². The van der Waals surface area contributed by atoms with Gasteiger partial charge in [0, 0.05) is 17.6 Å². The molecule has 0 unspecified atom stereocenters. The lowest BCUT2D eigenvalue weighted by Gasteiger charge is -2.27. The minimum absolute atomic E-state index is 0.0920. The van der Waals surface area contributed by atoms with Gasteiger partial charge in [-0.05, 0) is 55.2 Å². The van der Waals surface area contributed by atoms with E-state index < -0.39 is 11.7 Å². The highest BCUT2D eigenvalue weighted by atomic mass is 79.9. The summed E-state index contributed by atoms with van der Waals surface area (Å²) < 4.78 is 14.9. The van der Waals surface area contributed by atoms with E-state index >= 15 is 0 Å². The summed E-state index contributed by atoms with van der Waals surface area (Å²) in [5.41, 5.74) is 0.825. The second-order valence-electron chi connectivity index (χ2n) is 6.40. The number of nitrogens with one attached hydrogen (secondary N) is 1. The number of rotatable bonds is 4. The number of carbonyl (C=O) groups is 2. The molecule has 6 heteroatoms. The Labute approximate surface area is 166 Å². The van der Waals surface area contributed by atoms with Gasteiger partial charge in [0.05, 0.1) is 5.56 Å². The molecule has 0 aromatic heterocycles. The zero-order chi connectivity index (χ0) is 19.2. The van der Waals surface area contributed by atoms with Gasteiger partial charge in [0.2, 0.25) is 0 Å². The lowest BCUT2D eigenvalue weighted by molar-refractivity contribution is -0.128. The molecular weight excluding hydrogens is 411 g/mol. The van der Waals surface area contributed by atoms with Gasteiger partial charge < -0.3 is 10.2 Å². The molecule has 140 valence electrons. The van der Waals surface area contributed by atoms with Crippen molar-refractivity contribution >= 4 is 33.8 Å². The molecule has 0 bridgehead atoms. The second kappa shape index (κ2) is 8.95. The van der Waals surface area contributed by atoms with Crippen LogP contribution < -0.4 is 5.32 Å². The molecule has 1 aliphatic heterocycles. The predicted octanol–water partition coefficient (Wildman–Crippen LogP) is 4.37. The van der Waals surface area contributed by atoms with Gasteiger partial charge in [0.25, 0.3) is 11.8 Å². The van der Waals surface area contributed by atoms with Gasteiger partial charge in [0.15, 0.2) is 0 Å². The highest BCUT2D eigenvalue weighted by Gasteiger charge is 2.23. The predicted molar refractivity (Wildman–Crippen MR) is 106 cm³/mol. The third kappa shape index (κ3) is 5.04. The Hall–Kier alpha value is -2.47. The molecule has 0 spiro atoms. The number of piperidine rings is 1. The molecule has 2 amide bonds. The van der Waals surface area contributed by atoms with Crippen molar-refractivity contribution in [2.24, 2.45) is 0 Å². The zero-order valence-electron chi connectivity index (χ0n) is 14.8. The summed E-state index contributed by atoms with van der Waals surface area (Å²) in [4.78, 5) is 27.2. The normalized spacial score (nSPS) is 14.7. The van der Waals surface area contributed by atoms with E-state index in [9.17, 15) is 14.0 Å². The second-order valence-corrected chi connectivity index (χ2v) is 7.31. The van der Waals surface area contributed by atoms with Crippen LogP contribution in [0.3, 0.4) is 0 Å². The quantitative estimate of drug-likeness (QED) is 0.731. The molecule has 0 atom stereocenters. The Kier molecular flexibility index (Phi) is 6.40. The molecule has 0 aliphatic carbocycles. The van der Waals surface area contributed by atoms with Crippen molar-refractivity contribution in [3.8, 4) is 0 Å². The van der Waals surface area contributed by atoms with Crippen LogP contribution in [0.15, 0.2) is 58.7 Å². The molecule has 1 saturated heterocycles. The van der Waals surface area contributed by atoms with E-state index in [0.29, 0.717) is 13.1 Å². The van der Waals surface area contributed by atoms with Crippen LogP contribution in [0, 0.1) is 5.82 Å². The Balaban J connectivity index is 1.89. The van der Waals surface area contributed by atoms with Crippen molar-refractivity contribution in [3.05, 3.63) is 75.6 Å². The fraction of sp³-hybridized carbons (Fsp3) is 0.238. The van der Waals surface area contributed by atoms with Crippen LogP contribution in [0.5, 0.6) is 0 Å². The van der Waals surface area contributed by atoms with Crippen molar-refractivity contribution in [1.29, 1.82) is 0 Å². The Bertz CT molecular complexity index is 859. The van der Waals surface area contributed by atoms with Crippen LogP contribution in [-0.2, 0) is 4.79 Å². The molecule has 0 radical (unpaired) electrons. The first kappa shape index (κ1) is 19.3. The monoisotopic (exact) mass is 430 g/mol. The average Bonchev–Trinajstić information content (AvgIpc) is 2.69. The maximum Gasteiger partial charge on any atom is 0.270 e. The van der Waals surface area contributed by atoms with Gasteiger partial charge in [-0.15, -0.1) is 0 Å². The highest BCUT2D eigenvalue weighted by molar-refractivity contribution is 9.10. The molecule has 1 aliphatic rings. The lowest BCUT2D eigenvalue weighted by Crippen LogP contribution is -2.41. The number of hydrogen-bond acceptors (Lipinski definition) is 2. The van der Waals surface area contributed by atoms with E-state index in [4.69, 9.17) is 0 Å². The summed E-state index contributed by atoms with van der Waals surface area (Å²) in [6.07, 6.45) is 4.61. The number of carbonyl (C=O) groups excluding carboxylic acids is 2. The first-order valence-electron chi connectivity index (χ1n) is 8.87. The van der Waals surface area contributed by atoms with Gasteiger partial charge in [-0.25, -0.2) is 4.39 Å². The zero-order valence-corrected chi connectivity index (χ0v) is 16.3. The standard InChI is InChI=1S/C21H20BrFN2O2/c22-16-10-8-15(9-11-16)14-19(21(27)25-12-4-1-5-13-25)24-20(26)17-6-2-3-7-18(17)23/h2-3,6-11,14H,1,4-5,12-13H2,(H,24,26)/b19-14+. The molecule has 0 saturated carbocycles. The number of nitrogens with zero attached hydrogens (tertiary/aromatic N) is 1. The molecule has 1 N–H and O–H groups in total. The molecule has 1 heterocycles. The Morgan fingerprint density at radius 2 is 1.67 bits per heavy atom. The molecule has 2 aromatic rings. The number of hydrogen-bond donors (Lipinski definition) is 1. The van der Waals surface area contributed by atoms with E-state index in [2.05, 4.69) is 21.2 Å². The van der Waals surface area contributed by atoms with E-state index in [0.717, 1.165) is 29.3 Å². The number of amides is 2. The smallest absolute Gasteiger partial charge is 0.270 e. The maximum absolute atomic E-state index is 13.9. The Morgan fingerprint density at radius 3 is 2.33 bits per heavy atom. The van der Waals surface area contributed by atoms with Crippen molar-refractivity contribution < 1.29 is 14.0 Å². The van der Waals surface area contributed by atoms with E-state index in [-0.39, 0.29) is 17.2 Å². The van der Waals surface area contributed by atoms with Crippen LogP contribution in [0.25, 0.3) is 6.08 Å². The molecule has 1 fully saturated rings. The van der Waals surface area contributed by atoms with Crippen LogP contribution in [0.1, 0.15) is 35.2 Å². The first-order valence-corrected chi connectivity index (χ1v) is 9.66. The summed E-state index contributed by atoms with van der Waals surface area (Å²) in [5.74, 6) is -1.51. The van der Waals surface area contributed by atoms with Crippen LogP contribution in [0.2, 0.25) is 0 Å². The summed E-state index contributed by atoms with van der Waals surface area (Å²) in [6.45, 7) is 1.32. The van der Waals surface area contributed by atoms with Crippen molar-refractivity contribution in [2.45, 2.75) is 19.3 Å². The van der Waals surface area contributed by atoms with Gasteiger partial charge in [-0.1, -0.05) is 40.2 Å². The average molecular weight is 431 g/mol. The van der Waals surface area contributed by atoms with Gasteiger partial charge in [-0.2, -0.15) is 0 Å². The fourth-order valence-electron chi connectivity index (χ4n) is 2.98. The Morgan fingerprint density at radius 1 is 1.00 bits per heavy atom. The number of benzene rings is 2. The summed E-state index contributed by atoms with van der Waals surface area (Å²) in [5, 5.41) is 2.61. The fourth-order valence-corrected chi connectivity index (χ4v) is 3.24. The van der Waals surface area contributed by atoms with Crippen LogP contribution >= 0.6 is 15.9 Å². The minimum Gasteiger partial charge on any atom is -0.337 e. The number of likely N-dealkylation sites (tertiary alicyclic amines) is 1. The van der Waals surface area contributed by atoms with Crippen molar-refractivity contribution in [2.75, 3.05) is 13.1 Å². The molecule has 27 heavy (non-hydrogen) atoms. The van der Waals surface area contributed by atoms with Gasteiger partial charge in [-0.3, -0.25) is 9.59 Å². The van der Waals surface area contributed by atoms with Gasteiger partial charge >= 0.3 is 0 Å². The lowest BCUT2D eigenvalue weighted by atomic mass is 10.1. The van der Waals surface area contributed by atoms with Crippen LogP contribution in [-0.4, -0.2) is 29.8 Å². The summed E-state index contributed by atoms with van der Waals surface area (Å²) in [6, 6.07) is 13.1. The van der Waals surface area contributed by atoms with Gasteiger partial charge in [0.1, 0.15) is 11.5 Å². The SMILES string of the molecule is O=C(N/C(=C/c1ccc(Br)cc1)C(=O)N1CCCCC1)c1ccccc1F. The summed E-state index contributed by atoms with van der Waals surface area (Å²) >= 11 is 3.37. The highest BCUT2D eigenvalue weighted by Crippen LogP contribution is 2.17. The third-order valence-electron chi connectivity index (χ3n) is 4.42. The summed E-state index contributed by atoms with van der Waals surface area (Å²) in [7, 11) is 0. The van der Waals surface area contributed by atoms with E-state index in [1.807, 2.05) is 24.3 Å². The molecule has 3 rings (SSSR count). The molecule has 4 nitrogen and oxygen atoms in total. The first-order chi connectivity index (χ1) is 13.0. The largest absolute Gasteiger partial charge is 0.337 e. The maximum atomic E-state index is 13.9. The van der Waals surface area contributed by atoms with Crippen molar-refractivity contribution in [3.63, 3.8) is 0 Å². The topological polar surface area (TPSA) is 49.4 Å². The van der Waals surface area contributed by atoms with E-state index in [1.54, 1.807) is 17.0 Å². The number of halogens is 2. The minimum atomic E-state index is -0.637.